The molecule has 1 aromatic carbocycles. The Morgan fingerprint density at radius 1 is 1.24 bits per heavy atom. The van der Waals surface area contributed by atoms with E-state index in [0.717, 1.165) is 19.5 Å². The lowest BCUT2D eigenvalue weighted by molar-refractivity contribution is 0.413. The Morgan fingerprint density at radius 3 is 2.88 bits per heavy atom. The van der Waals surface area contributed by atoms with Gasteiger partial charge in [-0.15, -0.1) is 0 Å². The molecular formula is C23H30N2. The minimum absolute atomic E-state index is 0.222. The van der Waals surface area contributed by atoms with Gasteiger partial charge in [-0.25, -0.2) is 0 Å². The van der Waals surface area contributed by atoms with E-state index in [-0.39, 0.29) is 5.54 Å². The van der Waals surface area contributed by atoms with Crippen molar-refractivity contribution in [1.29, 1.82) is 0 Å². The highest BCUT2D eigenvalue weighted by atomic mass is 15.2. The van der Waals surface area contributed by atoms with E-state index in [4.69, 9.17) is 0 Å². The fraction of sp³-hybridized carbons (Fsp3) is 0.478. The van der Waals surface area contributed by atoms with Crippen LogP contribution < -0.4 is 4.90 Å². The SMILES string of the molecule is CC(C)CN1c2ccc(/C=C3\CCN4C=CC=CC34)cc2CC1(C)C. The van der Waals surface area contributed by atoms with Gasteiger partial charge in [-0.3, -0.25) is 0 Å². The van der Waals surface area contributed by atoms with Gasteiger partial charge in [0.1, 0.15) is 0 Å². The Morgan fingerprint density at radius 2 is 2.08 bits per heavy atom. The van der Waals surface area contributed by atoms with E-state index in [1.807, 2.05) is 0 Å². The van der Waals surface area contributed by atoms with E-state index in [9.17, 15) is 0 Å². The fourth-order valence-corrected chi connectivity index (χ4v) is 4.56. The highest BCUT2D eigenvalue weighted by molar-refractivity contribution is 5.67. The second-order valence-corrected chi connectivity index (χ2v) is 8.76. The zero-order valence-corrected chi connectivity index (χ0v) is 16.0. The summed E-state index contributed by atoms with van der Waals surface area (Å²) < 4.78 is 0. The van der Waals surface area contributed by atoms with Crippen LogP contribution >= 0.6 is 0 Å². The molecule has 3 aliphatic heterocycles. The molecule has 1 aromatic rings. The maximum absolute atomic E-state index is 2.61. The molecule has 0 bridgehead atoms. The first kappa shape index (κ1) is 16.5. The number of anilines is 1. The van der Waals surface area contributed by atoms with Gasteiger partial charge >= 0.3 is 0 Å². The van der Waals surface area contributed by atoms with Crippen LogP contribution in [0.4, 0.5) is 5.69 Å². The van der Waals surface area contributed by atoms with E-state index in [2.05, 4.69) is 86.2 Å². The molecule has 1 atom stereocenters. The molecule has 25 heavy (non-hydrogen) atoms. The van der Waals surface area contributed by atoms with Crippen LogP contribution in [0.3, 0.4) is 0 Å². The summed E-state index contributed by atoms with van der Waals surface area (Å²) in [7, 11) is 0. The molecule has 2 heteroatoms. The van der Waals surface area contributed by atoms with Crippen LogP contribution in [0.15, 0.2) is 48.2 Å². The maximum atomic E-state index is 2.61. The average Bonchev–Trinajstić information content (AvgIpc) is 3.06. The first-order valence-electron chi connectivity index (χ1n) is 9.66. The second-order valence-electron chi connectivity index (χ2n) is 8.76. The van der Waals surface area contributed by atoms with Crippen molar-refractivity contribution in [3.8, 4) is 0 Å². The molecule has 1 unspecified atom stereocenters. The van der Waals surface area contributed by atoms with Gasteiger partial charge in [0.25, 0.3) is 0 Å². The summed E-state index contributed by atoms with van der Waals surface area (Å²) in [6.45, 7) is 11.6. The molecule has 1 saturated heterocycles. The van der Waals surface area contributed by atoms with Gasteiger partial charge in [-0.05, 0) is 73.7 Å². The second kappa shape index (κ2) is 6.09. The molecule has 4 rings (SSSR count). The van der Waals surface area contributed by atoms with Gasteiger partial charge in [0, 0.05) is 24.3 Å². The van der Waals surface area contributed by atoms with E-state index in [0.29, 0.717) is 12.0 Å². The summed E-state index contributed by atoms with van der Waals surface area (Å²) >= 11 is 0. The van der Waals surface area contributed by atoms with Gasteiger partial charge in [0.05, 0.1) is 6.04 Å². The normalized spacial score (nSPS) is 25.2. The predicted molar refractivity (Wildman–Crippen MR) is 108 cm³/mol. The van der Waals surface area contributed by atoms with Crippen LogP contribution in [0.1, 0.15) is 45.2 Å². The van der Waals surface area contributed by atoms with Crippen molar-refractivity contribution in [2.45, 2.75) is 52.1 Å². The minimum Gasteiger partial charge on any atom is -0.367 e. The third-order valence-corrected chi connectivity index (χ3v) is 5.73. The summed E-state index contributed by atoms with van der Waals surface area (Å²) in [5.74, 6) is 0.683. The van der Waals surface area contributed by atoms with E-state index < -0.39 is 0 Å². The molecule has 0 aliphatic carbocycles. The van der Waals surface area contributed by atoms with E-state index in [1.165, 1.54) is 28.8 Å². The van der Waals surface area contributed by atoms with Crippen molar-refractivity contribution in [2.24, 2.45) is 5.92 Å². The number of fused-ring (bicyclic) bond motifs is 2. The van der Waals surface area contributed by atoms with Crippen LogP contribution in [0, 0.1) is 5.92 Å². The third-order valence-electron chi connectivity index (χ3n) is 5.73. The molecule has 132 valence electrons. The molecule has 1 fully saturated rings. The Labute approximate surface area is 152 Å². The monoisotopic (exact) mass is 334 g/mol. The highest BCUT2D eigenvalue weighted by Gasteiger charge is 2.36. The number of rotatable bonds is 3. The first-order valence-corrected chi connectivity index (χ1v) is 9.66. The number of benzene rings is 1. The summed E-state index contributed by atoms with van der Waals surface area (Å²) in [6.07, 6.45) is 13.6. The fourth-order valence-electron chi connectivity index (χ4n) is 4.56. The number of nitrogens with zero attached hydrogens (tertiary/aromatic N) is 2. The summed E-state index contributed by atoms with van der Waals surface area (Å²) in [5.41, 5.74) is 6.07. The Balaban J connectivity index is 1.62. The van der Waals surface area contributed by atoms with Gasteiger partial charge in [-0.2, -0.15) is 0 Å². The first-order chi connectivity index (χ1) is 11.9. The largest absolute Gasteiger partial charge is 0.367 e. The molecule has 0 aromatic heterocycles. The lowest BCUT2D eigenvalue weighted by Gasteiger charge is -2.35. The predicted octanol–water partition coefficient (Wildman–Crippen LogP) is 5.02. The molecule has 0 spiro atoms. The van der Waals surface area contributed by atoms with Gasteiger partial charge in [-0.1, -0.05) is 38.1 Å². The Bertz CT molecular complexity index is 751. The van der Waals surface area contributed by atoms with Gasteiger partial charge < -0.3 is 9.80 Å². The standard InChI is InChI=1S/C23H30N2/c1-17(2)16-25-22-9-8-18(14-20(22)15-23(25,3)4)13-19-10-12-24-11-6-5-7-21(19)24/h5-9,11,13-14,17,21H,10,12,15-16H2,1-4H3/b19-13+. The van der Waals surface area contributed by atoms with Crippen molar-refractivity contribution < 1.29 is 0 Å². The van der Waals surface area contributed by atoms with Crippen molar-refractivity contribution in [2.75, 3.05) is 18.0 Å². The molecule has 0 amide bonds. The molecular weight excluding hydrogens is 304 g/mol. The number of allylic oxidation sites excluding steroid dienone is 2. The Hall–Kier alpha value is -1.96. The van der Waals surface area contributed by atoms with Crippen LogP contribution in [0.5, 0.6) is 0 Å². The molecule has 0 saturated carbocycles. The molecule has 0 radical (unpaired) electrons. The lowest BCUT2D eigenvalue weighted by Crippen LogP contribution is -2.43. The zero-order valence-electron chi connectivity index (χ0n) is 16.0. The van der Waals surface area contributed by atoms with E-state index in [1.54, 1.807) is 0 Å². The summed E-state index contributed by atoms with van der Waals surface area (Å²) in [6, 6.07) is 7.55. The average molecular weight is 335 g/mol. The Kier molecular flexibility index (Phi) is 4.02. The number of hydrogen-bond acceptors (Lipinski definition) is 2. The van der Waals surface area contributed by atoms with Crippen molar-refractivity contribution in [3.63, 3.8) is 0 Å². The number of hydrogen-bond donors (Lipinski definition) is 0. The lowest BCUT2D eigenvalue weighted by atomic mass is 9.97. The third kappa shape index (κ3) is 3.03. The summed E-state index contributed by atoms with van der Waals surface area (Å²) in [5, 5.41) is 0. The van der Waals surface area contributed by atoms with Gasteiger partial charge in [0.15, 0.2) is 0 Å². The summed E-state index contributed by atoms with van der Waals surface area (Å²) in [4.78, 5) is 5.04. The zero-order chi connectivity index (χ0) is 17.6. The van der Waals surface area contributed by atoms with Crippen molar-refractivity contribution >= 4 is 11.8 Å². The van der Waals surface area contributed by atoms with Crippen LogP contribution in [0.25, 0.3) is 6.08 Å². The highest BCUT2D eigenvalue weighted by Crippen LogP contribution is 2.40. The molecule has 0 N–H and O–H groups in total. The molecule has 3 aliphatic rings. The van der Waals surface area contributed by atoms with Crippen molar-refractivity contribution in [1.82, 2.24) is 4.90 Å². The quantitative estimate of drug-likeness (QED) is 0.765. The van der Waals surface area contributed by atoms with Crippen molar-refractivity contribution in [3.05, 3.63) is 59.3 Å². The topological polar surface area (TPSA) is 6.48 Å². The van der Waals surface area contributed by atoms with Crippen LogP contribution in [-0.2, 0) is 6.42 Å². The maximum Gasteiger partial charge on any atom is 0.0688 e. The van der Waals surface area contributed by atoms with Crippen LogP contribution in [0.2, 0.25) is 0 Å². The van der Waals surface area contributed by atoms with Crippen LogP contribution in [-0.4, -0.2) is 29.6 Å². The minimum atomic E-state index is 0.222. The van der Waals surface area contributed by atoms with Gasteiger partial charge in [0.2, 0.25) is 0 Å². The molecule has 3 heterocycles. The smallest absolute Gasteiger partial charge is 0.0688 e. The van der Waals surface area contributed by atoms with E-state index >= 15 is 0 Å². The molecule has 2 nitrogen and oxygen atoms in total.